The maximum absolute atomic E-state index is 12.9. The lowest BCUT2D eigenvalue weighted by atomic mass is 10.1. The highest BCUT2D eigenvalue weighted by Gasteiger charge is 2.62. The molecule has 0 spiro atoms. The van der Waals surface area contributed by atoms with Gasteiger partial charge < -0.3 is 5.11 Å². The summed E-state index contributed by atoms with van der Waals surface area (Å²) in [4.78, 5) is 11.7. The van der Waals surface area contributed by atoms with E-state index in [2.05, 4.69) is 0 Å². The largest absolute Gasteiger partial charge is 0.506 e. The number of aliphatic hydroxyl groups is 1. The molecule has 1 aromatic heterocycles. The van der Waals surface area contributed by atoms with E-state index >= 15 is 0 Å². The number of hydrogen-bond donors (Lipinski definition) is 1. The number of halogens is 5. The number of hydrogen-bond acceptors (Lipinski definition) is 3. The topological polar surface area (TPSA) is 37.3 Å². The average molecular weight is 284 g/mol. The van der Waals surface area contributed by atoms with Gasteiger partial charge in [-0.15, -0.1) is 11.3 Å². The van der Waals surface area contributed by atoms with Gasteiger partial charge in [0.15, 0.2) is 5.76 Å². The van der Waals surface area contributed by atoms with Crippen molar-refractivity contribution in [2.24, 2.45) is 0 Å². The van der Waals surface area contributed by atoms with E-state index in [9.17, 15) is 26.7 Å². The Kier molecular flexibility index (Phi) is 2.73. The van der Waals surface area contributed by atoms with Crippen LogP contribution >= 0.6 is 11.3 Å². The third-order valence-corrected chi connectivity index (χ3v) is 3.49. The van der Waals surface area contributed by atoms with Crippen molar-refractivity contribution < 1.29 is 31.9 Å². The molecule has 0 fully saturated rings. The van der Waals surface area contributed by atoms with Gasteiger partial charge in [0.25, 0.3) is 0 Å². The Morgan fingerprint density at radius 3 is 2.39 bits per heavy atom. The highest BCUT2D eigenvalue weighted by Crippen LogP contribution is 2.43. The first-order chi connectivity index (χ1) is 8.16. The monoisotopic (exact) mass is 284 g/mol. The maximum atomic E-state index is 12.9. The molecule has 2 nitrogen and oxygen atoms in total. The lowest BCUT2D eigenvalue weighted by Crippen LogP contribution is -2.39. The van der Waals surface area contributed by atoms with E-state index in [1.54, 1.807) is 0 Å². The van der Waals surface area contributed by atoms with E-state index in [1.807, 2.05) is 0 Å². The van der Waals surface area contributed by atoms with E-state index in [-0.39, 0.29) is 4.88 Å². The molecule has 0 aliphatic heterocycles. The molecule has 0 saturated carbocycles. The zero-order chi connectivity index (χ0) is 13.7. The fourth-order valence-corrected chi connectivity index (χ4v) is 2.49. The van der Waals surface area contributed by atoms with Crippen LogP contribution in [0.1, 0.15) is 15.2 Å². The van der Waals surface area contributed by atoms with E-state index in [4.69, 9.17) is 5.11 Å². The third kappa shape index (κ3) is 1.71. The normalized spacial score (nSPS) is 19.1. The Morgan fingerprint density at radius 2 is 1.89 bits per heavy atom. The number of fused-ring (bicyclic) bond motifs is 1. The number of carbonyl (C=O) groups is 1. The molecule has 0 bridgehead atoms. The Labute approximate surface area is 101 Å². The summed E-state index contributed by atoms with van der Waals surface area (Å²) < 4.78 is 62.0. The van der Waals surface area contributed by atoms with Gasteiger partial charge in [0.1, 0.15) is 0 Å². The second kappa shape index (κ2) is 3.78. The van der Waals surface area contributed by atoms with E-state index in [0.29, 0.717) is 5.56 Å². The molecule has 0 unspecified atom stereocenters. The molecule has 1 aliphatic carbocycles. The number of allylic oxidation sites excluding steroid dienone is 2. The SMILES string of the molecule is O=C1/C(=C(\O)C(F)(F)C(F)(F)F)Cc2ccsc21. The van der Waals surface area contributed by atoms with Crippen LogP contribution in [0.15, 0.2) is 22.8 Å². The van der Waals surface area contributed by atoms with Gasteiger partial charge in [-0.1, -0.05) is 0 Å². The summed E-state index contributed by atoms with van der Waals surface area (Å²) in [5, 5.41) is 10.6. The first-order valence-corrected chi connectivity index (χ1v) is 5.52. The number of aliphatic hydroxyl groups excluding tert-OH is 1. The standard InChI is InChI=1S/C10H5F5O2S/c11-9(12,10(13,14)15)8(17)5-3-4-1-2-18-7(4)6(5)16/h1-2,17H,3H2/b8-5-. The lowest BCUT2D eigenvalue weighted by molar-refractivity contribution is -0.274. The van der Waals surface area contributed by atoms with Crippen LogP contribution < -0.4 is 0 Å². The van der Waals surface area contributed by atoms with Crippen molar-refractivity contribution in [2.45, 2.75) is 18.5 Å². The fraction of sp³-hybridized carbons (Fsp3) is 0.300. The summed E-state index contributed by atoms with van der Waals surface area (Å²) in [7, 11) is 0. The Morgan fingerprint density at radius 1 is 1.28 bits per heavy atom. The molecule has 98 valence electrons. The van der Waals surface area contributed by atoms with Crippen LogP contribution in [0.5, 0.6) is 0 Å². The van der Waals surface area contributed by atoms with Crippen LogP contribution in [0.25, 0.3) is 0 Å². The van der Waals surface area contributed by atoms with Crippen molar-refractivity contribution in [1.82, 2.24) is 0 Å². The number of rotatable bonds is 1. The van der Waals surface area contributed by atoms with Gasteiger partial charge in [-0.25, -0.2) is 0 Å². The molecule has 1 aromatic rings. The van der Waals surface area contributed by atoms with Crippen molar-refractivity contribution in [1.29, 1.82) is 0 Å². The van der Waals surface area contributed by atoms with E-state index in [0.717, 1.165) is 11.3 Å². The van der Waals surface area contributed by atoms with Crippen molar-refractivity contribution >= 4 is 17.1 Å². The van der Waals surface area contributed by atoms with Crippen LogP contribution in [-0.2, 0) is 6.42 Å². The van der Waals surface area contributed by atoms with Gasteiger partial charge in [-0.3, -0.25) is 4.79 Å². The molecule has 1 N–H and O–H groups in total. The molecule has 0 amide bonds. The number of Topliss-reactive ketones (excluding diaryl/α,β-unsaturated/α-hetero) is 1. The molecule has 1 aliphatic rings. The maximum Gasteiger partial charge on any atom is 0.461 e. The second-order valence-electron chi connectivity index (χ2n) is 3.68. The molecule has 0 atom stereocenters. The molecule has 0 aromatic carbocycles. The molecular formula is C10H5F5O2S. The molecule has 0 radical (unpaired) electrons. The predicted molar refractivity (Wildman–Crippen MR) is 53.0 cm³/mol. The van der Waals surface area contributed by atoms with Crippen molar-refractivity contribution in [3.05, 3.63) is 33.2 Å². The zero-order valence-corrected chi connectivity index (χ0v) is 9.33. The van der Waals surface area contributed by atoms with Gasteiger partial charge >= 0.3 is 12.1 Å². The summed E-state index contributed by atoms with van der Waals surface area (Å²) in [5.74, 6) is -8.59. The molecule has 18 heavy (non-hydrogen) atoms. The summed E-state index contributed by atoms with van der Waals surface area (Å²) in [6.45, 7) is 0. The summed E-state index contributed by atoms with van der Waals surface area (Å²) in [5.41, 5.74) is -0.538. The quantitative estimate of drug-likeness (QED) is 0.487. The van der Waals surface area contributed by atoms with Gasteiger partial charge in [0, 0.05) is 12.0 Å². The molecule has 8 heteroatoms. The molecule has 0 saturated heterocycles. The van der Waals surface area contributed by atoms with Gasteiger partial charge in [-0.2, -0.15) is 22.0 Å². The Balaban J connectivity index is 2.47. The minimum absolute atomic E-state index is 0.0922. The lowest BCUT2D eigenvalue weighted by Gasteiger charge is -2.19. The second-order valence-corrected chi connectivity index (χ2v) is 4.60. The predicted octanol–water partition coefficient (Wildman–Crippen LogP) is 3.50. The number of ketones is 1. The van der Waals surface area contributed by atoms with Gasteiger partial charge in [0.2, 0.25) is 5.78 Å². The van der Waals surface area contributed by atoms with Gasteiger partial charge in [-0.05, 0) is 17.0 Å². The van der Waals surface area contributed by atoms with E-state index < -0.39 is 35.6 Å². The average Bonchev–Trinajstić information content (AvgIpc) is 2.79. The van der Waals surface area contributed by atoms with Crippen LogP contribution in [0.2, 0.25) is 0 Å². The smallest absolute Gasteiger partial charge is 0.461 e. The summed E-state index contributed by atoms with van der Waals surface area (Å²) in [6, 6.07) is 1.45. The van der Waals surface area contributed by atoms with E-state index in [1.165, 1.54) is 11.4 Å². The minimum atomic E-state index is -5.93. The Bertz CT molecular complexity index is 541. The first kappa shape index (κ1) is 13.0. The third-order valence-electron chi connectivity index (χ3n) is 2.53. The molecule has 1 heterocycles. The van der Waals surface area contributed by atoms with Crippen LogP contribution in [0.3, 0.4) is 0 Å². The molecule has 2 rings (SSSR count). The zero-order valence-electron chi connectivity index (χ0n) is 8.52. The van der Waals surface area contributed by atoms with Crippen LogP contribution in [0, 0.1) is 0 Å². The first-order valence-electron chi connectivity index (χ1n) is 4.64. The molecular weight excluding hydrogens is 279 g/mol. The number of carbonyl (C=O) groups excluding carboxylic acids is 1. The fourth-order valence-electron chi connectivity index (χ4n) is 1.60. The highest BCUT2D eigenvalue weighted by molar-refractivity contribution is 7.12. The number of alkyl halides is 5. The van der Waals surface area contributed by atoms with Crippen LogP contribution in [0.4, 0.5) is 22.0 Å². The number of thiophene rings is 1. The van der Waals surface area contributed by atoms with Gasteiger partial charge in [0.05, 0.1) is 4.88 Å². The Hall–Kier alpha value is -1.44. The van der Waals surface area contributed by atoms with Crippen molar-refractivity contribution in [3.63, 3.8) is 0 Å². The summed E-state index contributed by atoms with van der Waals surface area (Å²) >= 11 is 0.938. The summed E-state index contributed by atoms with van der Waals surface area (Å²) in [6.07, 6.45) is -6.34. The highest BCUT2D eigenvalue weighted by atomic mass is 32.1. The van der Waals surface area contributed by atoms with Crippen LogP contribution in [-0.4, -0.2) is 23.0 Å². The minimum Gasteiger partial charge on any atom is -0.506 e. The van der Waals surface area contributed by atoms with Crippen molar-refractivity contribution in [3.8, 4) is 0 Å². The van der Waals surface area contributed by atoms with Crippen molar-refractivity contribution in [2.75, 3.05) is 0 Å².